The Morgan fingerprint density at radius 1 is 1.00 bits per heavy atom. The molecule has 0 aliphatic rings. The van der Waals surface area contributed by atoms with Crippen molar-refractivity contribution in [3.63, 3.8) is 0 Å². The summed E-state index contributed by atoms with van der Waals surface area (Å²) < 4.78 is 11.4. The van der Waals surface area contributed by atoms with Gasteiger partial charge in [0, 0.05) is 12.0 Å². The lowest BCUT2D eigenvalue weighted by Crippen LogP contribution is -2.13. The van der Waals surface area contributed by atoms with E-state index < -0.39 is 0 Å². The van der Waals surface area contributed by atoms with Crippen LogP contribution in [0.5, 0.6) is 5.75 Å². The zero-order valence-electron chi connectivity index (χ0n) is 14.3. The molecule has 2 aromatic rings. The molecule has 0 saturated carbocycles. The van der Waals surface area contributed by atoms with E-state index in [4.69, 9.17) is 9.47 Å². The van der Waals surface area contributed by atoms with E-state index in [2.05, 4.69) is 19.1 Å². The quantitative estimate of drug-likeness (QED) is 0.389. The van der Waals surface area contributed by atoms with E-state index >= 15 is 0 Å². The molecular formula is C21H24O3. The molecule has 0 spiro atoms. The van der Waals surface area contributed by atoms with Gasteiger partial charge in [-0.25, -0.2) is 0 Å². The highest BCUT2D eigenvalue weighted by atomic mass is 16.5. The van der Waals surface area contributed by atoms with Crippen LogP contribution in [-0.4, -0.2) is 19.0 Å². The van der Waals surface area contributed by atoms with Crippen molar-refractivity contribution in [2.75, 3.05) is 13.2 Å². The first-order chi connectivity index (χ1) is 11.6. The lowest BCUT2D eigenvalue weighted by Gasteiger charge is -2.17. The molecule has 0 unspecified atom stereocenters. The maximum atomic E-state index is 11.5. The summed E-state index contributed by atoms with van der Waals surface area (Å²) in [4.78, 5) is 11.5. The van der Waals surface area contributed by atoms with E-state index in [0.717, 1.165) is 12.2 Å². The molecule has 0 aromatic heterocycles. The number of hydrogen-bond donors (Lipinski definition) is 0. The van der Waals surface area contributed by atoms with E-state index in [9.17, 15) is 4.79 Å². The second-order valence-corrected chi connectivity index (χ2v) is 5.76. The van der Waals surface area contributed by atoms with Crippen molar-refractivity contribution < 1.29 is 14.3 Å². The van der Waals surface area contributed by atoms with Gasteiger partial charge in [-0.3, -0.25) is 4.79 Å². The Hall–Kier alpha value is -2.55. The van der Waals surface area contributed by atoms with Gasteiger partial charge in [-0.15, -0.1) is 0 Å². The summed E-state index contributed by atoms with van der Waals surface area (Å²) in [6.07, 6.45) is 2.41. The maximum absolute atomic E-state index is 11.5. The number of benzene rings is 2. The number of para-hydroxylation sites is 1. The molecule has 0 radical (unpaired) electrons. The van der Waals surface area contributed by atoms with Gasteiger partial charge in [0.1, 0.15) is 24.7 Å². The predicted molar refractivity (Wildman–Crippen MR) is 96.0 cm³/mol. The molecule has 24 heavy (non-hydrogen) atoms. The van der Waals surface area contributed by atoms with Crippen LogP contribution in [0.4, 0.5) is 0 Å². The molecule has 0 N–H and O–H groups in total. The molecular weight excluding hydrogens is 300 g/mol. The summed E-state index contributed by atoms with van der Waals surface area (Å²) in [5.41, 5.74) is 1.23. The largest absolute Gasteiger partial charge is 0.494 e. The summed E-state index contributed by atoms with van der Waals surface area (Å²) in [5, 5.41) is 0. The maximum Gasteiger partial charge on any atom is 0.155 e. The van der Waals surface area contributed by atoms with Crippen LogP contribution < -0.4 is 4.74 Å². The minimum absolute atomic E-state index is 0.00566. The second-order valence-electron chi connectivity index (χ2n) is 5.76. The summed E-state index contributed by atoms with van der Waals surface area (Å²) >= 11 is 0. The fourth-order valence-electron chi connectivity index (χ4n) is 2.43. The van der Waals surface area contributed by atoms with Crippen molar-refractivity contribution in [1.29, 1.82) is 0 Å². The van der Waals surface area contributed by atoms with Gasteiger partial charge in [0.05, 0.1) is 0 Å². The van der Waals surface area contributed by atoms with Gasteiger partial charge in [-0.1, -0.05) is 55.5 Å². The topological polar surface area (TPSA) is 35.5 Å². The second kappa shape index (κ2) is 9.56. The highest BCUT2D eigenvalue weighted by Gasteiger charge is 2.12. The molecule has 0 amide bonds. The van der Waals surface area contributed by atoms with E-state index in [1.54, 1.807) is 13.0 Å². The van der Waals surface area contributed by atoms with Crippen molar-refractivity contribution in [1.82, 2.24) is 0 Å². The molecule has 126 valence electrons. The van der Waals surface area contributed by atoms with E-state index in [0.29, 0.717) is 19.0 Å². The van der Waals surface area contributed by atoms with Crippen LogP contribution in [0.25, 0.3) is 0 Å². The van der Waals surface area contributed by atoms with Crippen molar-refractivity contribution >= 4 is 5.78 Å². The summed E-state index contributed by atoms with van der Waals surface area (Å²) in [6, 6.07) is 19.8. The molecule has 0 fully saturated rings. The van der Waals surface area contributed by atoms with Crippen molar-refractivity contribution in [3.8, 4) is 5.75 Å². The summed E-state index contributed by atoms with van der Waals surface area (Å²) in [7, 11) is 0. The molecule has 0 aliphatic carbocycles. The molecule has 2 aromatic carbocycles. The molecule has 1 atom stereocenters. The van der Waals surface area contributed by atoms with Crippen LogP contribution in [0.3, 0.4) is 0 Å². The zero-order valence-corrected chi connectivity index (χ0v) is 14.3. The molecule has 3 nitrogen and oxygen atoms in total. The lowest BCUT2D eigenvalue weighted by molar-refractivity contribution is -0.112. The van der Waals surface area contributed by atoms with Crippen LogP contribution >= 0.6 is 0 Å². The van der Waals surface area contributed by atoms with Gasteiger partial charge in [-0.2, -0.15) is 0 Å². The molecule has 0 bridgehead atoms. The molecule has 0 aliphatic heterocycles. The minimum Gasteiger partial charge on any atom is -0.494 e. The fraction of sp³-hybridized carbons (Fsp3) is 0.286. The smallest absolute Gasteiger partial charge is 0.155 e. The Balaban J connectivity index is 1.87. The van der Waals surface area contributed by atoms with Crippen LogP contribution in [0.15, 0.2) is 72.5 Å². The Morgan fingerprint density at radius 3 is 2.25 bits per heavy atom. The third-order valence-electron chi connectivity index (χ3n) is 3.58. The third-order valence-corrected chi connectivity index (χ3v) is 3.58. The number of ketones is 1. The average molecular weight is 324 g/mol. The highest BCUT2D eigenvalue weighted by molar-refractivity contribution is 5.87. The van der Waals surface area contributed by atoms with Gasteiger partial charge in [0.15, 0.2) is 5.78 Å². The Kier molecular flexibility index (Phi) is 7.09. The first-order valence-electron chi connectivity index (χ1n) is 8.22. The van der Waals surface area contributed by atoms with Gasteiger partial charge in [0.25, 0.3) is 0 Å². The Labute approximate surface area is 143 Å². The lowest BCUT2D eigenvalue weighted by atomic mass is 9.98. The minimum atomic E-state index is -0.00566. The van der Waals surface area contributed by atoms with E-state index in [1.807, 2.05) is 48.5 Å². The number of hydrogen-bond acceptors (Lipinski definition) is 3. The van der Waals surface area contributed by atoms with Gasteiger partial charge in [0.2, 0.25) is 0 Å². The molecule has 0 heterocycles. The number of rotatable bonds is 9. The van der Waals surface area contributed by atoms with Gasteiger partial charge in [-0.05, 0) is 31.0 Å². The van der Waals surface area contributed by atoms with E-state index in [1.165, 1.54) is 5.56 Å². The SMILES string of the molecule is CC(=O)/C=C(/OCCOc1ccccc1)[C@@H](C)Cc1ccccc1. The molecule has 0 saturated heterocycles. The zero-order chi connectivity index (χ0) is 17.2. The average Bonchev–Trinajstić information content (AvgIpc) is 2.59. The van der Waals surface area contributed by atoms with Crippen LogP contribution in [-0.2, 0) is 16.0 Å². The van der Waals surface area contributed by atoms with E-state index in [-0.39, 0.29) is 11.7 Å². The predicted octanol–water partition coefficient (Wildman–Crippen LogP) is 4.43. The number of ether oxygens (including phenoxy) is 2. The number of carbonyl (C=O) groups excluding carboxylic acids is 1. The highest BCUT2D eigenvalue weighted by Crippen LogP contribution is 2.18. The molecule has 2 rings (SSSR count). The van der Waals surface area contributed by atoms with Crippen molar-refractivity contribution in [2.24, 2.45) is 5.92 Å². The Morgan fingerprint density at radius 2 is 1.62 bits per heavy atom. The normalized spacial score (nSPS) is 12.5. The first-order valence-corrected chi connectivity index (χ1v) is 8.22. The van der Waals surface area contributed by atoms with Crippen LogP contribution in [0.1, 0.15) is 19.4 Å². The molecule has 3 heteroatoms. The van der Waals surface area contributed by atoms with Gasteiger partial charge < -0.3 is 9.47 Å². The monoisotopic (exact) mass is 324 g/mol. The Bertz CT molecular complexity index is 647. The van der Waals surface area contributed by atoms with Gasteiger partial charge >= 0.3 is 0 Å². The van der Waals surface area contributed by atoms with Crippen molar-refractivity contribution in [3.05, 3.63) is 78.1 Å². The standard InChI is InChI=1S/C21H24O3/c1-17(15-19-9-5-3-6-10-19)21(16-18(2)22)24-14-13-23-20-11-7-4-8-12-20/h3-12,16-17H,13-15H2,1-2H3/b21-16+/t17-/m0/s1. The summed E-state index contributed by atoms with van der Waals surface area (Å²) in [6.45, 7) is 4.46. The van der Waals surface area contributed by atoms with Crippen LogP contribution in [0.2, 0.25) is 0 Å². The van der Waals surface area contributed by atoms with Crippen molar-refractivity contribution in [2.45, 2.75) is 20.3 Å². The fourth-order valence-corrected chi connectivity index (χ4v) is 2.43. The number of allylic oxidation sites excluding steroid dienone is 2. The first kappa shape index (κ1) is 17.8. The van der Waals surface area contributed by atoms with Crippen LogP contribution in [0, 0.1) is 5.92 Å². The third kappa shape index (κ3) is 6.29. The number of carbonyl (C=O) groups is 1. The summed E-state index contributed by atoms with van der Waals surface area (Å²) in [5.74, 6) is 1.65.